The molecule has 0 bridgehead atoms. The van der Waals surface area contributed by atoms with Gasteiger partial charge >= 0.3 is 0 Å². The predicted molar refractivity (Wildman–Crippen MR) is 125 cm³/mol. The summed E-state index contributed by atoms with van der Waals surface area (Å²) in [5, 5.41) is 3.15. The first-order chi connectivity index (χ1) is 15.3. The molecule has 0 amide bonds. The summed E-state index contributed by atoms with van der Waals surface area (Å²) in [6.07, 6.45) is 1.89. The third-order valence-electron chi connectivity index (χ3n) is 5.65. The molecule has 0 aliphatic carbocycles. The maximum absolute atomic E-state index is 6.07. The Morgan fingerprint density at radius 1 is 0.935 bits per heavy atom. The van der Waals surface area contributed by atoms with Crippen LogP contribution >= 0.6 is 0 Å². The molecule has 1 saturated heterocycles. The maximum atomic E-state index is 6.07. The van der Waals surface area contributed by atoms with Gasteiger partial charge in [-0.3, -0.25) is 9.89 Å². The lowest BCUT2D eigenvalue weighted by molar-refractivity contribution is 0.127. The van der Waals surface area contributed by atoms with Crippen LogP contribution in [0.15, 0.2) is 53.5 Å². The first-order valence-corrected chi connectivity index (χ1v) is 11.2. The van der Waals surface area contributed by atoms with Gasteiger partial charge in [-0.2, -0.15) is 0 Å². The molecule has 31 heavy (non-hydrogen) atoms. The van der Waals surface area contributed by atoms with Crippen molar-refractivity contribution in [2.45, 2.75) is 19.4 Å². The molecule has 0 atom stereocenters. The highest BCUT2D eigenvalue weighted by Crippen LogP contribution is 2.32. The SMILES string of the molecule is NC(=NCCCN1CCN(Cc2ccccc2)CC1)Nc1ccc2c(c1)OCCCO2. The number of anilines is 1. The lowest BCUT2D eigenvalue weighted by Gasteiger charge is -2.34. The summed E-state index contributed by atoms with van der Waals surface area (Å²) in [5.74, 6) is 1.96. The highest BCUT2D eigenvalue weighted by Gasteiger charge is 2.16. The first-order valence-electron chi connectivity index (χ1n) is 11.2. The van der Waals surface area contributed by atoms with Gasteiger partial charge in [0.2, 0.25) is 0 Å². The van der Waals surface area contributed by atoms with Crippen LogP contribution in [0.5, 0.6) is 11.5 Å². The number of nitrogens with two attached hydrogens (primary N) is 1. The van der Waals surface area contributed by atoms with Crippen LogP contribution in [0.3, 0.4) is 0 Å². The second-order valence-corrected chi connectivity index (χ2v) is 8.06. The molecule has 2 aliphatic rings. The fraction of sp³-hybridized carbons (Fsp3) is 0.458. The Bertz CT molecular complexity index is 850. The number of hydrogen-bond acceptors (Lipinski definition) is 5. The first kappa shape index (κ1) is 21.5. The van der Waals surface area contributed by atoms with Gasteiger partial charge in [0.1, 0.15) is 0 Å². The topological polar surface area (TPSA) is 75.4 Å². The van der Waals surface area contributed by atoms with Gasteiger partial charge in [-0.25, -0.2) is 0 Å². The molecule has 2 aliphatic heterocycles. The molecule has 7 nitrogen and oxygen atoms in total. The number of fused-ring (bicyclic) bond motifs is 1. The highest BCUT2D eigenvalue weighted by molar-refractivity contribution is 5.92. The minimum Gasteiger partial charge on any atom is -0.490 e. The van der Waals surface area contributed by atoms with E-state index in [2.05, 4.69) is 50.4 Å². The van der Waals surface area contributed by atoms with Crippen molar-refractivity contribution in [3.8, 4) is 11.5 Å². The molecule has 0 radical (unpaired) electrons. The second-order valence-electron chi connectivity index (χ2n) is 8.06. The van der Waals surface area contributed by atoms with Crippen molar-refractivity contribution in [2.75, 3.05) is 57.8 Å². The van der Waals surface area contributed by atoms with Gasteiger partial charge in [0.05, 0.1) is 13.2 Å². The molecular formula is C24H33N5O2. The van der Waals surface area contributed by atoms with Crippen LogP contribution in [0, 0.1) is 0 Å². The van der Waals surface area contributed by atoms with Crippen molar-refractivity contribution in [1.82, 2.24) is 9.80 Å². The number of nitrogens with one attached hydrogen (secondary N) is 1. The van der Waals surface area contributed by atoms with E-state index in [1.165, 1.54) is 5.56 Å². The number of hydrogen-bond donors (Lipinski definition) is 2. The van der Waals surface area contributed by atoms with E-state index in [9.17, 15) is 0 Å². The Kier molecular flexibility index (Phi) is 7.63. The Morgan fingerprint density at radius 2 is 1.68 bits per heavy atom. The van der Waals surface area contributed by atoms with E-state index < -0.39 is 0 Å². The summed E-state index contributed by atoms with van der Waals surface area (Å²) in [5.41, 5.74) is 8.32. The van der Waals surface area contributed by atoms with Crippen LogP contribution < -0.4 is 20.5 Å². The van der Waals surface area contributed by atoms with Gasteiger partial charge < -0.3 is 25.4 Å². The van der Waals surface area contributed by atoms with E-state index in [1.54, 1.807) is 0 Å². The minimum absolute atomic E-state index is 0.433. The van der Waals surface area contributed by atoms with E-state index in [4.69, 9.17) is 15.2 Å². The summed E-state index contributed by atoms with van der Waals surface area (Å²) in [7, 11) is 0. The van der Waals surface area contributed by atoms with Gasteiger partial charge in [-0.05, 0) is 24.1 Å². The number of guanidine groups is 1. The van der Waals surface area contributed by atoms with Crippen LogP contribution in [-0.4, -0.2) is 68.2 Å². The van der Waals surface area contributed by atoms with E-state index in [-0.39, 0.29) is 0 Å². The fourth-order valence-corrected chi connectivity index (χ4v) is 3.93. The second kappa shape index (κ2) is 11.0. The Morgan fingerprint density at radius 3 is 2.48 bits per heavy atom. The van der Waals surface area contributed by atoms with Crippen LogP contribution in [0.1, 0.15) is 18.4 Å². The molecule has 166 valence electrons. The normalized spacial score (nSPS) is 17.9. The minimum atomic E-state index is 0.433. The number of benzene rings is 2. The van der Waals surface area contributed by atoms with Crippen LogP contribution in [-0.2, 0) is 6.54 Å². The average Bonchev–Trinajstić information content (AvgIpc) is 3.04. The van der Waals surface area contributed by atoms with Crippen molar-refractivity contribution >= 4 is 11.6 Å². The standard InChI is InChI=1S/C24H33N5O2/c25-24(27-21-8-9-22-23(18-21)31-17-5-16-30-22)26-10-4-11-28-12-14-29(15-13-28)19-20-6-2-1-3-7-20/h1-3,6-9,18H,4-5,10-17,19H2,(H3,25,26,27). The number of aliphatic imine (C=N–C) groups is 1. The number of nitrogens with zero attached hydrogens (tertiary/aromatic N) is 3. The molecule has 4 rings (SSSR count). The maximum Gasteiger partial charge on any atom is 0.193 e. The molecule has 0 spiro atoms. The molecule has 2 heterocycles. The molecule has 2 aromatic carbocycles. The molecule has 1 fully saturated rings. The molecule has 0 saturated carbocycles. The third kappa shape index (κ3) is 6.60. The number of rotatable bonds is 7. The van der Waals surface area contributed by atoms with E-state index in [1.807, 2.05) is 18.2 Å². The average molecular weight is 424 g/mol. The van der Waals surface area contributed by atoms with Crippen LogP contribution in [0.4, 0.5) is 5.69 Å². The summed E-state index contributed by atoms with van der Waals surface area (Å²) >= 11 is 0. The van der Waals surface area contributed by atoms with Gasteiger partial charge in [0, 0.05) is 64.0 Å². The Hall–Kier alpha value is -2.77. The highest BCUT2D eigenvalue weighted by atomic mass is 16.5. The summed E-state index contributed by atoms with van der Waals surface area (Å²) < 4.78 is 11.4. The lowest BCUT2D eigenvalue weighted by atomic mass is 10.2. The molecule has 7 heteroatoms. The molecule has 0 unspecified atom stereocenters. The summed E-state index contributed by atoms with van der Waals surface area (Å²) in [6.45, 7) is 8.63. The van der Waals surface area contributed by atoms with Crippen molar-refractivity contribution in [3.05, 3.63) is 54.1 Å². The van der Waals surface area contributed by atoms with Crippen molar-refractivity contribution in [1.29, 1.82) is 0 Å². The van der Waals surface area contributed by atoms with E-state index in [0.717, 1.165) is 69.3 Å². The number of piperazine rings is 1. The van der Waals surface area contributed by atoms with Gasteiger partial charge in [-0.15, -0.1) is 0 Å². The van der Waals surface area contributed by atoms with E-state index in [0.29, 0.717) is 25.7 Å². The Balaban J connectivity index is 1.15. The monoisotopic (exact) mass is 423 g/mol. The fourth-order valence-electron chi connectivity index (χ4n) is 3.93. The summed E-state index contributed by atoms with van der Waals surface area (Å²) in [4.78, 5) is 9.53. The molecule has 0 aromatic heterocycles. The quantitative estimate of drug-likeness (QED) is 0.405. The molecule has 3 N–H and O–H groups in total. The largest absolute Gasteiger partial charge is 0.490 e. The molecular weight excluding hydrogens is 390 g/mol. The van der Waals surface area contributed by atoms with E-state index >= 15 is 0 Å². The predicted octanol–water partition coefficient (Wildman–Crippen LogP) is 2.78. The zero-order valence-electron chi connectivity index (χ0n) is 18.1. The van der Waals surface area contributed by atoms with Gasteiger partial charge in [0.15, 0.2) is 17.5 Å². The van der Waals surface area contributed by atoms with Crippen LogP contribution in [0.25, 0.3) is 0 Å². The van der Waals surface area contributed by atoms with Crippen LogP contribution in [0.2, 0.25) is 0 Å². The zero-order valence-corrected chi connectivity index (χ0v) is 18.1. The smallest absolute Gasteiger partial charge is 0.193 e. The summed E-state index contributed by atoms with van der Waals surface area (Å²) in [6, 6.07) is 16.5. The van der Waals surface area contributed by atoms with Crippen molar-refractivity contribution < 1.29 is 9.47 Å². The van der Waals surface area contributed by atoms with Gasteiger partial charge in [0.25, 0.3) is 0 Å². The third-order valence-corrected chi connectivity index (χ3v) is 5.65. The molecule has 2 aromatic rings. The Labute approximate surface area is 184 Å². The lowest BCUT2D eigenvalue weighted by Crippen LogP contribution is -2.46. The van der Waals surface area contributed by atoms with Crippen molar-refractivity contribution in [2.24, 2.45) is 10.7 Å². The number of ether oxygens (including phenoxy) is 2. The van der Waals surface area contributed by atoms with Crippen molar-refractivity contribution in [3.63, 3.8) is 0 Å². The van der Waals surface area contributed by atoms with Gasteiger partial charge in [-0.1, -0.05) is 30.3 Å². The zero-order chi connectivity index (χ0) is 21.3.